The highest BCUT2D eigenvalue weighted by Crippen LogP contribution is 2.25. The Balaban J connectivity index is 1.98. The van der Waals surface area contributed by atoms with Crippen LogP contribution in [0.4, 0.5) is 10.1 Å². The topological polar surface area (TPSA) is 94.1 Å². The molecule has 0 unspecified atom stereocenters. The molecule has 1 aliphatic rings. The fraction of sp³-hybridized carbons (Fsp3) is 0.333. The molecule has 3 rings (SSSR count). The van der Waals surface area contributed by atoms with Gasteiger partial charge in [-0.05, 0) is 24.6 Å². The number of hydrogen-bond acceptors (Lipinski definition) is 5. The number of benzene rings is 1. The van der Waals surface area contributed by atoms with Crippen LogP contribution in [0.3, 0.4) is 0 Å². The maximum absolute atomic E-state index is 13.5. The molecule has 0 atom stereocenters. The van der Waals surface area contributed by atoms with E-state index >= 15 is 0 Å². The number of fused-ring (bicyclic) bond motifs is 1. The minimum absolute atomic E-state index is 0.00753. The van der Waals surface area contributed by atoms with Crippen LogP contribution in [0.1, 0.15) is 11.4 Å². The van der Waals surface area contributed by atoms with Crippen molar-refractivity contribution < 1.29 is 12.8 Å². The van der Waals surface area contributed by atoms with Crippen LogP contribution in [0.25, 0.3) is 0 Å². The summed E-state index contributed by atoms with van der Waals surface area (Å²) in [5.74, 6) is -0.0102. The third-order valence-corrected chi connectivity index (χ3v) is 5.32. The molecule has 21 heavy (non-hydrogen) atoms. The molecule has 2 aromatic rings. The number of anilines is 1. The molecule has 0 saturated heterocycles. The van der Waals surface area contributed by atoms with Gasteiger partial charge in [0, 0.05) is 13.1 Å². The Morgan fingerprint density at radius 2 is 2.10 bits per heavy atom. The van der Waals surface area contributed by atoms with Gasteiger partial charge in [-0.3, -0.25) is 0 Å². The molecule has 0 radical (unpaired) electrons. The molecule has 2 heterocycles. The van der Waals surface area contributed by atoms with Gasteiger partial charge >= 0.3 is 0 Å². The summed E-state index contributed by atoms with van der Waals surface area (Å²) in [4.78, 5) is -0.00753. The van der Waals surface area contributed by atoms with Gasteiger partial charge in [0.15, 0.2) is 0 Å². The molecule has 2 N–H and O–H groups in total. The van der Waals surface area contributed by atoms with Crippen LogP contribution in [0.2, 0.25) is 0 Å². The number of nitrogens with two attached hydrogens (primary N) is 1. The molecule has 9 heteroatoms. The van der Waals surface area contributed by atoms with Gasteiger partial charge in [-0.1, -0.05) is 0 Å². The van der Waals surface area contributed by atoms with Crippen LogP contribution < -0.4 is 5.73 Å². The van der Waals surface area contributed by atoms with Crippen molar-refractivity contribution in [3.05, 3.63) is 35.7 Å². The fourth-order valence-corrected chi connectivity index (χ4v) is 3.82. The van der Waals surface area contributed by atoms with Crippen LogP contribution >= 0.6 is 0 Å². The predicted molar refractivity (Wildman–Crippen MR) is 73.2 cm³/mol. The lowest BCUT2D eigenvalue weighted by Gasteiger charge is -2.26. The number of nitrogen functional groups attached to an aromatic ring is 1. The van der Waals surface area contributed by atoms with Crippen LogP contribution in [-0.4, -0.2) is 34.0 Å². The number of hydrogen-bond donors (Lipinski definition) is 1. The molecule has 0 spiro atoms. The average molecular weight is 311 g/mol. The van der Waals surface area contributed by atoms with Gasteiger partial charge in [-0.2, -0.15) is 4.31 Å². The van der Waals surface area contributed by atoms with Crippen molar-refractivity contribution in [2.45, 2.75) is 24.9 Å². The van der Waals surface area contributed by atoms with Crippen molar-refractivity contribution in [2.75, 3.05) is 12.3 Å². The minimum Gasteiger partial charge on any atom is -0.396 e. The maximum atomic E-state index is 13.5. The Morgan fingerprint density at radius 1 is 1.33 bits per heavy atom. The van der Waals surface area contributed by atoms with E-state index < -0.39 is 15.8 Å². The summed E-state index contributed by atoms with van der Waals surface area (Å²) in [5, 5.41) is 7.64. The highest BCUT2D eigenvalue weighted by Gasteiger charge is 2.30. The van der Waals surface area contributed by atoms with Gasteiger partial charge in [-0.25, -0.2) is 12.8 Å². The molecule has 0 fully saturated rings. The number of aromatic nitrogens is 3. The number of nitrogens with zero attached hydrogens (tertiary/aromatic N) is 4. The third-order valence-electron chi connectivity index (χ3n) is 3.50. The van der Waals surface area contributed by atoms with Crippen LogP contribution in [-0.2, 0) is 23.1 Å². The van der Waals surface area contributed by atoms with Crippen molar-refractivity contribution in [1.29, 1.82) is 0 Å². The monoisotopic (exact) mass is 311 g/mol. The predicted octanol–water partition coefficient (Wildman–Crippen LogP) is 0.512. The van der Waals surface area contributed by atoms with Gasteiger partial charge in [0.1, 0.15) is 18.0 Å². The van der Waals surface area contributed by atoms with Crippen LogP contribution in [0, 0.1) is 12.7 Å². The number of aryl methyl sites for hydroxylation is 1. The quantitative estimate of drug-likeness (QED) is 0.816. The highest BCUT2D eigenvalue weighted by molar-refractivity contribution is 7.89. The third kappa shape index (κ3) is 2.28. The summed E-state index contributed by atoms with van der Waals surface area (Å²) < 4.78 is 41.9. The van der Waals surface area contributed by atoms with E-state index in [-0.39, 0.29) is 22.7 Å². The van der Waals surface area contributed by atoms with Gasteiger partial charge in [0.25, 0.3) is 0 Å². The fourth-order valence-electron chi connectivity index (χ4n) is 2.31. The summed E-state index contributed by atoms with van der Waals surface area (Å²) in [6.07, 6.45) is 1.57. The van der Waals surface area contributed by atoms with E-state index in [4.69, 9.17) is 5.73 Å². The van der Waals surface area contributed by atoms with Crippen molar-refractivity contribution in [2.24, 2.45) is 0 Å². The maximum Gasteiger partial charge on any atom is 0.243 e. The summed E-state index contributed by atoms with van der Waals surface area (Å²) >= 11 is 0. The Kier molecular flexibility index (Phi) is 3.18. The van der Waals surface area contributed by atoms with E-state index in [9.17, 15) is 12.8 Å². The second-order valence-electron chi connectivity index (χ2n) is 4.92. The van der Waals surface area contributed by atoms with E-state index in [1.807, 2.05) is 0 Å². The molecule has 0 amide bonds. The van der Waals surface area contributed by atoms with Gasteiger partial charge < -0.3 is 10.3 Å². The molecule has 1 aliphatic heterocycles. The summed E-state index contributed by atoms with van der Waals surface area (Å²) in [7, 11) is -3.74. The van der Waals surface area contributed by atoms with E-state index in [2.05, 4.69) is 10.2 Å². The lowest BCUT2D eigenvalue weighted by atomic mass is 10.2. The first-order valence-corrected chi connectivity index (χ1v) is 7.76. The Labute approximate surface area is 121 Å². The second-order valence-corrected chi connectivity index (χ2v) is 6.86. The first kappa shape index (κ1) is 14.0. The van der Waals surface area contributed by atoms with E-state index in [1.165, 1.54) is 17.3 Å². The molecule has 0 saturated carbocycles. The van der Waals surface area contributed by atoms with Crippen LogP contribution in [0.15, 0.2) is 23.4 Å². The highest BCUT2D eigenvalue weighted by atomic mass is 32.2. The number of halogens is 1. The molecular weight excluding hydrogens is 297 g/mol. The smallest absolute Gasteiger partial charge is 0.243 e. The molecule has 1 aromatic carbocycles. The molecule has 112 valence electrons. The van der Waals surface area contributed by atoms with Gasteiger partial charge in [0.05, 0.1) is 17.1 Å². The first-order chi connectivity index (χ1) is 9.89. The lowest BCUT2D eigenvalue weighted by Crippen LogP contribution is -2.38. The summed E-state index contributed by atoms with van der Waals surface area (Å²) in [6.45, 7) is 2.41. The van der Waals surface area contributed by atoms with Gasteiger partial charge in [-0.15, -0.1) is 10.2 Å². The SMILES string of the molecule is Cc1cc(S(=O)(=O)N2CCn3cnnc3C2)cc(N)c1F. The second kappa shape index (κ2) is 4.78. The average Bonchev–Trinajstić information content (AvgIpc) is 2.91. The molecule has 0 bridgehead atoms. The largest absolute Gasteiger partial charge is 0.396 e. The first-order valence-electron chi connectivity index (χ1n) is 6.32. The summed E-state index contributed by atoms with van der Waals surface area (Å²) in [5.41, 5.74) is 5.55. The molecule has 0 aliphatic carbocycles. The molecular formula is C12H14FN5O2S. The Morgan fingerprint density at radius 3 is 2.81 bits per heavy atom. The zero-order valence-electron chi connectivity index (χ0n) is 11.3. The number of sulfonamides is 1. The Hall–Kier alpha value is -2.00. The molecule has 7 nitrogen and oxygen atoms in total. The Bertz CT molecular complexity index is 779. The minimum atomic E-state index is -3.74. The van der Waals surface area contributed by atoms with E-state index in [0.717, 1.165) is 6.07 Å². The lowest BCUT2D eigenvalue weighted by molar-refractivity contribution is 0.335. The zero-order valence-corrected chi connectivity index (χ0v) is 12.1. The van der Waals surface area contributed by atoms with E-state index in [1.54, 1.807) is 10.9 Å². The van der Waals surface area contributed by atoms with Crippen molar-refractivity contribution in [3.63, 3.8) is 0 Å². The van der Waals surface area contributed by atoms with Crippen molar-refractivity contribution in [3.8, 4) is 0 Å². The van der Waals surface area contributed by atoms with Crippen molar-refractivity contribution >= 4 is 15.7 Å². The zero-order chi connectivity index (χ0) is 15.2. The van der Waals surface area contributed by atoms with Crippen LogP contribution in [0.5, 0.6) is 0 Å². The standard InChI is InChI=1S/C12H14FN5O2S/c1-8-4-9(5-10(14)12(8)13)21(19,20)18-3-2-17-7-15-16-11(17)6-18/h4-5,7H,2-3,6,14H2,1H3. The van der Waals surface area contributed by atoms with E-state index in [0.29, 0.717) is 18.9 Å². The summed E-state index contributed by atoms with van der Waals surface area (Å²) in [6, 6.07) is 2.44. The number of rotatable bonds is 2. The van der Waals surface area contributed by atoms with Crippen molar-refractivity contribution in [1.82, 2.24) is 19.1 Å². The normalized spacial score (nSPS) is 15.9. The van der Waals surface area contributed by atoms with Gasteiger partial charge in [0.2, 0.25) is 10.0 Å². The molecule has 1 aromatic heterocycles.